The fraction of sp³-hybridized carbons (Fsp3) is 0.909. The highest BCUT2D eigenvalue weighted by atomic mass is 16.7. The molecule has 0 aromatic heterocycles. The van der Waals surface area contributed by atoms with Crippen LogP contribution in [0, 0.1) is 0 Å². The van der Waals surface area contributed by atoms with E-state index in [4.69, 9.17) is 9.47 Å². The first-order valence-electron chi connectivity index (χ1n) is 5.58. The van der Waals surface area contributed by atoms with E-state index in [1.807, 2.05) is 13.8 Å². The Labute approximate surface area is 97.2 Å². The maximum absolute atomic E-state index is 11.2. The summed E-state index contributed by atoms with van der Waals surface area (Å²) in [7, 11) is 0. The summed E-state index contributed by atoms with van der Waals surface area (Å²) in [6.07, 6.45) is -0.0198. The van der Waals surface area contributed by atoms with Gasteiger partial charge in [-0.25, -0.2) is 4.79 Å². The summed E-state index contributed by atoms with van der Waals surface area (Å²) in [6.45, 7) is 10.8. The average Bonchev–Trinajstić information content (AvgIpc) is 2.11. The number of hydrogen-bond donors (Lipinski definition) is 0. The lowest BCUT2D eigenvalue weighted by atomic mass is 10.3. The Hall–Kier alpha value is -1.13. The summed E-state index contributed by atoms with van der Waals surface area (Å²) in [5.74, 6) is 0. The lowest BCUT2D eigenvalue weighted by Crippen LogP contribution is -2.27. The largest absolute Gasteiger partial charge is 0.510 e. The van der Waals surface area contributed by atoms with Gasteiger partial charge in [0.15, 0.2) is 0 Å². The van der Waals surface area contributed by atoms with Crippen LogP contribution in [0.3, 0.4) is 0 Å². The Morgan fingerprint density at radius 1 is 1.31 bits per heavy atom. The summed E-state index contributed by atoms with van der Waals surface area (Å²) in [5.41, 5.74) is -0.977. The Morgan fingerprint density at radius 3 is 2.31 bits per heavy atom. The van der Waals surface area contributed by atoms with Crippen molar-refractivity contribution >= 4 is 6.16 Å². The van der Waals surface area contributed by atoms with Crippen LogP contribution in [0.1, 0.15) is 48.0 Å². The minimum atomic E-state index is -0.977. The summed E-state index contributed by atoms with van der Waals surface area (Å²) in [6, 6.07) is 0.129. The molecule has 0 spiro atoms. The summed E-state index contributed by atoms with van der Waals surface area (Å²) in [5, 5.41) is 8.01. The van der Waals surface area contributed by atoms with Gasteiger partial charge in [0.2, 0.25) is 5.72 Å². The second-order valence-electron chi connectivity index (χ2n) is 4.44. The normalized spacial score (nSPS) is 14.2. The molecule has 0 N–H and O–H groups in total. The highest BCUT2D eigenvalue weighted by Crippen LogP contribution is 2.14. The molecule has 1 atom stereocenters. The molecule has 0 saturated heterocycles. The van der Waals surface area contributed by atoms with Gasteiger partial charge in [-0.1, -0.05) is 6.92 Å². The monoisotopic (exact) mass is 230 g/mol. The van der Waals surface area contributed by atoms with E-state index in [2.05, 4.69) is 10.2 Å². The second kappa shape index (κ2) is 6.45. The molecule has 0 heterocycles. The first-order chi connectivity index (χ1) is 7.26. The molecule has 5 heteroatoms. The molecule has 0 aliphatic rings. The molecule has 16 heavy (non-hydrogen) atoms. The summed E-state index contributed by atoms with van der Waals surface area (Å²) < 4.78 is 9.88. The van der Waals surface area contributed by atoms with Crippen molar-refractivity contribution in [1.29, 1.82) is 0 Å². The summed E-state index contributed by atoms with van der Waals surface area (Å²) in [4.78, 5) is 11.2. The molecule has 1 unspecified atom stereocenters. The van der Waals surface area contributed by atoms with Gasteiger partial charge in [0.1, 0.15) is 0 Å². The first-order valence-corrected chi connectivity index (χ1v) is 5.58. The van der Waals surface area contributed by atoms with E-state index in [1.165, 1.54) is 0 Å². The smallest absolute Gasteiger partial charge is 0.432 e. The highest BCUT2D eigenvalue weighted by Gasteiger charge is 2.23. The molecule has 5 nitrogen and oxygen atoms in total. The molecule has 0 bridgehead atoms. The van der Waals surface area contributed by atoms with Crippen molar-refractivity contribution in [1.82, 2.24) is 0 Å². The van der Waals surface area contributed by atoms with Crippen LogP contribution in [0.4, 0.5) is 4.79 Å². The predicted molar refractivity (Wildman–Crippen MR) is 61.4 cm³/mol. The van der Waals surface area contributed by atoms with Crippen molar-refractivity contribution < 1.29 is 14.3 Å². The third kappa shape index (κ3) is 7.20. The van der Waals surface area contributed by atoms with Crippen molar-refractivity contribution in [3.05, 3.63) is 0 Å². The Balaban J connectivity index is 4.23. The van der Waals surface area contributed by atoms with Crippen molar-refractivity contribution in [2.45, 2.75) is 65.8 Å². The predicted octanol–water partition coefficient (Wildman–Crippen LogP) is 3.53. The molecule has 0 saturated carbocycles. The molecule has 0 aliphatic heterocycles. The second-order valence-corrected chi connectivity index (χ2v) is 4.44. The fourth-order valence-corrected chi connectivity index (χ4v) is 0.760. The van der Waals surface area contributed by atoms with Crippen LogP contribution in [0.15, 0.2) is 10.2 Å². The molecule has 0 radical (unpaired) electrons. The van der Waals surface area contributed by atoms with Gasteiger partial charge >= 0.3 is 6.16 Å². The zero-order valence-corrected chi connectivity index (χ0v) is 11.0. The standard InChI is InChI=1S/C11H22N2O3/c1-7-9(4)12-13-11(5,6)16-10(14)15-8(2)3/h8-9H,7H2,1-6H3. The maximum Gasteiger partial charge on any atom is 0.510 e. The molecule has 94 valence electrons. The third-order valence-corrected chi connectivity index (χ3v) is 1.75. The molecule has 0 aromatic carbocycles. The van der Waals surface area contributed by atoms with Gasteiger partial charge in [-0.3, -0.25) is 0 Å². The number of ether oxygens (including phenoxy) is 2. The van der Waals surface area contributed by atoms with Gasteiger partial charge in [0.05, 0.1) is 12.1 Å². The fourth-order valence-electron chi connectivity index (χ4n) is 0.760. The topological polar surface area (TPSA) is 60.2 Å². The van der Waals surface area contributed by atoms with Gasteiger partial charge < -0.3 is 9.47 Å². The van der Waals surface area contributed by atoms with Gasteiger partial charge in [-0.2, -0.15) is 5.11 Å². The SMILES string of the molecule is CCC(C)N=NC(C)(C)OC(=O)OC(C)C. The van der Waals surface area contributed by atoms with Crippen LogP contribution in [0.25, 0.3) is 0 Å². The minimum Gasteiger partial charge on any atom is -0.432 e. The quantitative estimate of drug-likeness (QED) is 0.536. The van der Waals surface area contributed by atoms with Crippen LogP contribution < -0.4 is 0 Å². The molecule has 0 aliphatic carbocycles. The number of hydrogen-bond acceptors (Lipinski definition) is 5. The lowest BCUT2D eigenvalue weighted by molar-refractivity contribution is -0.0277. The van der Waals surface area contributed by atoms with Crippen LogP contribution in [0.2, 0.25) is 0 Å². The van der Waals surface area contributed by atoms with Crippen LogP contribution in [0.5, 0.6) is 0 Å². The van der Waals surface area contributed by atoms with E-state index >= 15 is 0 Å². The molecular weight excluding hydrogens is 208 g/mol. The van der Waals surface area contributed by atoms with Gasteiger partial charge in [0, 0.05) is 0 Å². The summed E-state index contributed by atoms with van der Waals surface area (Å²) >= 11 is 0. The van der Waals surface area contributed by atoms with Gasteiger partial charge in [-0.05, 0) is 41.0 Å². The Kier molecular flexibility index (Phi) is 6.00. The van der Waals surface area contributed by atoms with Crippen molar-refractivity contribution in [3.8, 4) is 0 Å². The van der Waals surface area contributed by atoms with Crippen molar-refractivity contribution in [2.24, 2.45) is 10.2 Å². The lowest BCUT2D eigenvalue weighted by Gasteiger charge is -2.20. The number of carbonyl (C=O) groups excluding carboxylic acids is 1. The van der Waals surface area contributed by atoms with Crippen molar-refractivity contribution in [2.75, 3.05) is 0 Å². The Bertz CT molecular complexity index is 250. The zero-order chi connectivity index (χ0) is 12.8. The van der Waals surface area contributed by atoms with Crippen LogP contribution in [-0.4, -0.2) is 24.0 Å². The molecular formula is C11H22N2O3. The molecule has 0 fully saturated rings. The molecule has 0 rings (SSSR count). The van der Waals surface area contributed by atoms with E-state index < -0.39 is 11.9 Å². The third-order valence-electron chi connectivity index (χ3n) is 1.75. The minimum absolute atomic E-state index is 0.129. The van der Waals surface area contributed by atoms with Gasteiger partial charge in [-0.15, -0.1) is 5.11 Å². The van der Waals surface area contributed by atoms with Crippen LogP contribution in [-0.2, 0) is 9.47 Å². The van der Waals surface area contributed by atoms with E-state index in [0.717, 1.165) is 6.42 Å². The van der Waals surface area contributed by atoms with E-state index in [0.29, 0.717) is 0 Å². The Morgan fingerprint density at radius 2 is 1.88 bits per heavy atom. The van der Waals surface area contributed by atoms with E-state index in [1.54, 1.807) is 27.7 Å². The average molecular weight is 230 g/mol. The highest BCUT2D eigenvalue weighted by molar-refractivity contribution is 5.60. The van der Waals surface area contributed by atoms with Gasteiger partial charge in [0.25, 0.3) is 0 Å². The van der Waals surface area contributed by atoms with Crippen molar-refractivity contribution in [3.63, 3.8) is 0 Å². The maximum atomic E-state index is 11.2. The van der Waals surface area contributed by atoms with Crippen LogP contribution >= 0.6 is 0 Å². The van der Waals surface area contributed by atoms with E-state index in [9.17, 15) is 4.79 Å². The number of nitrogens with zero attached hydrogens (tertiary/aromatic N) is 2. The molecule has 0 amide bonds. The zero-order valence-electron chi connectivity index (χ0n) is 11.0. The number of rotatable bonds is 5. The number of azo groups is 1. The molecule has 0 aromatic rings. The van der Waals surface area contributed by atoms with E-state index in [-0.39, 0.29) is 12.1 Å². The first kappa shape index (κ1) is 14.9. The number of carbonyl (C=O) groups is 1.